The zero-order chi connectivity index (χ0) is 25.2. The van der Waals surface area contributed by atoms with Crippen molar-refractivity contribution in [2.75, 3.05) is 30.4 Å². The van der Waals surface area contributed by atoms with Crippen LogP contribution in [-0.4, -0.2) is 51.1 Å². The molecule has 1 N–H and O–H groups in total. The van der Waals surface area contributed by atoms with E-state index in [2.05, 4.69) is 43.5 Å². The molecule has 1 aromatic carbocycles. The molecule has 9 nitrogen and oxygen atoms in total. The monoisotopic (exact) mass is 494 g/mol. The predicted octanol–water partition coefficient (Wildman–Crippen LogP) is 4.86. The maximum absolute atomic E-state index is 5.80. The van der Waals surface area contributed by atoms with E-state index in [1.165, 1.54) is 24.9 Å². The number of benzene rings is 1. The van der Waals surface area contributed by atoms with E-state index in [-0.39, 0.29) is 0 Å². The van der Waals surface area contributed by atoms with E-state index in [4.69, 9.17) is 14.7 Å². The summed E-state index contributed by atoms with van der Waals surface area (Å²) in [5.74, 6) is 1.29. The average molecular weight is 495 g/mol. The highest BCUT2D eigenvalue weighted by atomic mass is 16.5. The van der Waals surface area contributed by atoms with E-state index in [1.807, 2.05) is 37.7 Å². The number of rotatable bonds is 7. The first-order valence-corrected chi connectivity index (χ1v) is 12.7. The summed E-state index contributed by atoms with van der Waals surface area (Å²) in [5.41, 5.74) is 7.51. The van der Waals surface area contributed by atoms with Crippen LogP contribution in [0.5, 0.6) is 5.75 Å². The van der Waals surface area contributed by atoms with Crippen molar-refractivity contribution in [2.45, 2.75) is 32.1 Å². The van der Waals surface area contributed by atoms with E-state index < -0.39 is 0 Å². The maximum Gasteiger partial charge on any atom is 0.184 e. The minimum atomic E-state index is 0.612. The third kappa shape index (κ3) is 4.76. The standard InChI is InChI=1S/C28H30N8O/c1-35-18-31-28(34-35)22-7-6-8-24(27(22)37-2)33-25-16-20(32-23-11-12-29-26(23)25)15-19-9-10-21(17-30-19)36-13-4-3-5-14-36/h6-10,12,16-18H,3-5,11,13-15H2,1-2H3,(H,32,33). The Balaban J connectivity index is 1.28. The summed E-state index contributed by atoms with van der Waals surface area (Å²) in [5, 5.41) is 8.00. The summed E-state index contributed by atoms with van der Waals surface area (Å²) < 4.78 is 7.48. The van der Waals surface area contributed by atoms with Crippen LogP contribution in [0.4, 0.5) is 22.7 Å². The Labute approximate surface area is 216 Å². The Morgan fingerprint density at radius 1 is 1.00 bits per heavy atom. The van der Waals surface area contributed by atoms with Crippen LogP contribution in [0.25, 0.3) is 11.4 Å². The molecule has 2 aliphatic heterocycles. The van der Waals surface area contributed by atoms with Crippen LogP contribution in [0.1, 0.15) is 36.3 Å². The van der Waals surface area contributed by atoms with Gasteiger partial charge in [0.1, 0.15) is 12.0 Å². The van der Waals surface area contributed by atoms with Gasteiger partial charge in [-0.25, -0.2) is 4.98 Å². The van der Waals surface area contributed by atoms with Crippen molar-refractivity contribution < 1.29 is 4.74 Å². The SMILES string of the molecule is COc1c(Nc2cc(Cc3ccc(N4CCCCC4)cn3)nc3c2N=CC3)cccc1-c1ncn(C)n1. The van der Waals surface area contributed by atoms with Gasteiger partial charge in [-0.3, -0.25) is 19.6 Å². The molecule has 0 amide bonds. The molecular weight excluding hydrogens is 464 g/mol. The van der Waals surface area contributed by atoms with E-state index in [0.717, 1.165) is 52.8 Å². The van der Waals surface area contributed by atoms with E-state index in [0.29, 0.717) is 24.4 Å². The van der Waals surface area contributed by atoms with Crippen molar-refractivity contribution in [3.8, 4) is 17.1 Å². The molecule has 37 heavy (non-hydrogen) atoms. The van der Waals surface area contributed by atoms with Crippen molar-refractivity contribution in [3.63, 3.8) is 0 Å². The molecule has 1 saturated heterocycles. The highest BCUT2D eigenvalue weighted by Crippen LogP contribution is 2.40. The van der Waals surface area contributed by atoms with E-state index in [9.17, 15) is 0 Å². The van der Waals surface area contributed by atoms with Gasteiger partial charge in [-0.05, 0) is 49.6 Å². The summed E-state index contributed by atoms with van der Waals surface area (Å²) in [6.45, 7) is 2.23. The van der Waals surface area contributed by atoms with Gasteiger partial charge in [0.25, 0.3) is 0 Å². The molecule has 0 saturated carbocycles. The van der Waals surface area contributed by atoms with Gasteiger partial charge in [0.15, 0.2) is 11.6 Å². The summed E-state index contributed by atoms with van der Waals surface area (Å²) in [6, 6.07) is 12.3. The van der Waals surface area contributed by atoms with E-state index in [1.54, 1.807) is 18.1 Å². The maximum atomic E-state index is 5.80. The second kappa shape index (κ2) is 10.0. The lowest BCUT2D eigenvalue weighted by Gasteiger charge is -2.28. The molecule has 0 aliphatic carbocycles. The van der Waals surface area contributed by atoms with Gasteiger partial charge in [-0.1, -0.05) is 6.07 Å². The highest BCUT2D eigenvalue weighted by molar-refractivity contribution is 5.86. The lowest BCUT2D eigenvalue weighted by molar-refractivity contribution is 0.418. The third-order valence-corrected chi connectivity index (χ3v) is 6.84. The fourth-order valence-electron chi connectivity index (χ4n) is 5.03. The van der Waals surface area contributed by atoms with Gasteiger partial charge in [-0.2, -0.15) is 5.10 Å². The minimum Gasteiger partial charge on any atom is -0.494 e. The number of fused-ring (bicyclic) bond motifs is 1. The van der Waals surface area contributed by atoms with Crippen LogP contribution in [0.2, 0.25) is 0 Å². The van der Waals surface area contributed by atoms with Crippen molar-refractivity contribution in [1.82, 2.24) is 24.7 Å². The molecule has 3 aromatic heterocycles. The zero-order valence-corrected chi connectivity index (χ0v) is 21.2. The Kier molecular flexibility index (Phi) is 6.26. The first-order valence-electron chi connectivity index (χ1n) is 12.7. The van der Waals surface area contributed by atoms with Crippen LogP contribution < -0.4 is 15.0 Å². The van der Waals surface area contributed by atoms with Gasteiger partial charge in [-0.15, -0.1) is 0 Å². The largest absolute Gasteiger partial charge is 0.494 e. The number of methoxy groups -OCH3 is 1. The molecule has 4 aromatic rings. The second-order valence-electron chi connectivity index (χ2n) is 9.46. The molecule has 0 spiro atoms. The Morgan fingerprint density at radius 3 is 2.65 bits per heavy atom. The highest BCUT2D eigenvalue weighted by Gasteiger charge is 2.20. The Morgan fingerprint density at radius 2 is 1.89 bits per heavy atom. The molecule has 0 bridgehead atoms. The molecule has 5 heterocycles. The fraction of sp³-hybridized carbons (Fsp3) is 0.321. The van der Waals surface area contributed by atoms with Crippen LogP contribution in [0, 0.1) is 0 Å². The molecule has 6 rings (SSSR count). The lowest BCUT2D eigenvalue weighted by Crippen LogP contribution is -2.29. The number of nitrogens with one attached hydrogen (secondary N) is 1. The number of nitrogens with zero attached hydrogens (tertiary/aromatic N) is 7. The molecule has 1 fully saturated rings. The Hall–Kier alpha value is -4.27. The predicted molar refractivity (Wildman–Crippen MR) is 145 cm³/mol. The van der Waals surface area contributed by atoms with Crippen molar-refractivity contribution in [2.24, 2.45) is 12.0 Å². The lowest BCUT2D eigenvalue weighted by atomic mass is 10.1. The number of hydrogen-bond donors (Lipinski definition) is 1. The van der Waals surface area contributed by atoms with Crippen LogP contribution >= 0.6 is 0 Å². The number of piperidine rings is 1. The van der Waals surface area contributed by atoms with Gasteiger partial charge in [0.05, 0.1) is 41.6 Å². The van der Waals surface area contributed by atoms with Crippen LogP contribution in [0.3, 0.4) is 0 Å². The first-order chi connectivity index (χ1) is 18.2. The van der Waals surface area contributed by atoms with Gasteiger partial charge in [0, 0.05) is 50.6 Å². The van der Waals surface area contributed by atoms with Gasteiger partial charge in [0.2, 0.25) is 0 Å². The molecule has 2 aliphatic rings. The molecule has 0 unspecified atom stereocenters. The summed E-state index contributed by atoms with van der Waals surface area (Å²) in [4.78, 5) is 21.1. The number of aryl methyl sites for hydroxylation is 1. The van der Waals surface area contributed by atoms with E-state index >= 15 is 0 Å². The van der Waals surface area contributed by atoms with Gasteiger partial charge >= 0.3 is 0 Å². The topological polar surface area (TPSA) is 93.4 Å². The number of aromatic nitrogens is 5. The Bertz CT molecular complexity index is 1440. The smallest absolute Gasteiger partial charge is 0.184 e. The normalized spacial score (nSPS) is 14.6. The molecule has 188 valence electrons. The summed E-state index contributed by atoms with van der Waals surface area (Å²) >= 11 is 0. The van der Waals surface area contributed by atoms with Crippen molar-refractivity contribution >= 4 is 29.0 Å². The molecular formula is C28H30N8O. The average Bonchev–Trinajstić information content (AvgIpc) is 3.59. The minimum absolute atomic E-state index is 0.612. The third-order valence-electron chi connectivity index (χ3n) is 6.84. The molecule has 9 heteroatoms. The second-order valence-corrected chi connectivity index (χ2v) is 9.46. The van der Waals surface area contributed by atoms with Crippen molar-refractivity contribution in [3.05, 3.63) is 66.0 Å². The summed E-state index contributed by atoms with van der Waals surface area (Å²) in [6.07, 6.45) is 10.8. The van der Waals surface area contributed by atoms with Crippen LogP contribution in [-0.2, 0) is 19.9 Å². The fourth-order valence-corrected chi connectivity index (χ4v) is 5.03. The number of pyridine rings is 2. The summed E-state index contributed by atoms with van der Waals surface area (Å²) in [7, 11) is 3.51. The number of ether oxygens (including phenoxy) is 1. The zero-order valence-electron chi connectivity index (χ0n) is 21.2. The number of para-hydroxylation sites is 1. The first kappa shape index (κ1) is 23.1. The number of hydrogen-bond acceptors (Lipinski definition) is 8. The van der Waals surface area contributed by atoms with Crippen molar-refractivity contribution in [1.29, 1.82) is 0 Å². The molecule has 0 radical (unpaired) electrons. The number of anilines is 3. The van der Waals surface area contributed by atoms with Gasteiger partial charge < -0.3 is 15.0 Å². The quantitative estimate of drug-likeness (QED) is 0.392. The van der Waals surface area contributed by atoms with Crippen LogP contribution in [0.15, 0.2) is 53.9 Å². The molecule has 0 atom stereocenters. The number of aliphatic imine (C=N–C) groups is 1.